The fraction of sp³-hybridized carbons (Fsp3) is 0.0769. The molecule has 110 valence electrons. The first-order valence-electron chi connectivity index (χ1n) is 5.58. The second kappa shape index (κ2) is 6.83. The second-order valence-corrected chi connectivity index (χ2v) is 5.98. The van der Waals surface area contributed by atoms with E-state index >= 15 is 0 Å². The molecule has 4 nitrogen and oxygen atoms in total. The van der Waals surface area contributed by atoms with Crippen molar-refractivity contribution >= 4 is 56.4 Å². The van der Waals surface area contributed by atoms with Gasteiger partial charge in [-0.2, -0.15) is 0 Å². The Morgan fingerprint density at radius 1 is 1.19 bits per heavy atom. The Morgan fingerprint density at radius 2 is 1.81 bits per heavy atom. The molecule has 8 heteroatoms. The molecule has 0 aromatic heterocycles. The molecule has 0 amide bonds. The van der Waals surface area contributed by atoms with E-state index in [0.29, 0.717) is 5.75 Å². The minimum absolute atomic E-state index is 0.0506. The van der Waals surface area contributed by atoms with E-state index in [2.05, 4.69) is 15.9 Å². The number of nitro groups is 1. The van der Waals surface area contributed by atoms with E-state index in [0.717, 1.165) is 10.0 Å². The quantitative estimate of drug-likeness (QED) is 0.342. The summed E-state index contributed by atoms with van der Waals surface area (Å²) in [4.78, 5) is 10.2. The molecule has 0 saturated carbocycles. The van der Waals surface area contributed by atoms with Crippen molar-refractivity contribution in [3.05, 3.63) is 60.5 Å². The van der Waals surface area contributed by atoms with Gasteiger partial charge in [-0.1, -0.05) is 45.2 Å². The van der Waals surface area contributed by atoms with Gasteiger partial charge in [0.25, 0.3) is 5.69 Å². The lowest BCUT2D eigenvalue weighted by molar-refractivity contribution is -0.384. The molecule has 0 fully saturated rings. The number of hydrogen-bond donors (Lipinski definition) is 0. The predicted octanol–water partition coefficient (Wildman–Crippen LogP) is 6.20. The maximum Gasteiger partial charge on any atom is 0.272 e. The SMILES string of the molecule is O=[N+]([O-])c1cc(Cl)c(Oc2cc(Br)ccc2CCl)c(Cl)c1. The van der Waals surface area contributed by atoms with Crippen LogP contribution in [0.5, 0.6) is 11.5 Å². The third-order valence-electron chi connectivity index (χ3n) is 2.58. The summed E-state index contributed by atoms with van der Waals surface area (Å²) < 4.78 is 6.47. The number of hydrogen-bond acceptors (Lipinski definition) is 3. The van der Waals surface area contributed by atoms with Gasteiger partial charge in [0.2, 0.25) is 0 Å². The molecule has 0 heterocycles. The molecule has 0 saturated heterocycles. The fourth-order valence-electron chi connectivity index (χ4n) is 1.59. The Balaban J connectivity index is 2.45. The number of rotatable bonds is 4. The Kier molecular flexibility index (Phi) is 5.32. The number of ether oxygens (including phenoxy) is 1. The van der Waals surface area contributed by atoms with Crippen molar-refractivity contribution in [2.45, 2.75) is 5.88 Å². The second-order valence-electron chi connectivity index (χ2n) is 3.98. The predicted molar refractivity (Wildman–Crippen MR) is 86.9 cm³/mol. The van der Waals surface area contributed by atoms with Gasteiger partial charge in [0, 0.05) is 22.2 Å². The van der Waals surface area contributed by atoms with Crippen LogP contribution in [0, 0.1) is 10.1 Å². The van der Waals surface area contributed by atoms with Crippen molar-refractivity contribution in [2.24, 2.45) is 0 Å². The van der Waals surface area contributed by atoms with Gasteiger partial charge in [-0.05, 0) is 12.1 Å². The highest BCUT2D eigenvalue weighted by molar-refractivity contribution is 9.10. The van der Waals surface area contributed by atoms with E-state index in [1.807, 2.05) is 6.07 Å². The van der Waals surface area contributed by atoms with E-state index in [1.54, 1.807) is 12.1 Å². The van der Waals surface area contributed by atoms with Gasteiger partial charge < -0.3 is 4.74 Å². The summed E-state index contributed by atoms with van der Waals surface area (Å²) >= 11 is 21.2. The highest BCUT2D eigenvalue weighted by Gasteiger charge is 2.17. The number of benzene rings is 2. The van der Waals surface area contributed by atoms with Crippen LogP contribution in [0.1, 0.15) is 5.56 Å². The Hall–Kier alpha value is -1.01. The molecule has 0 N–H and O–H groups in total. The van der Waals surface area contributed by atoms with E-state index in [1.165, 1.54) is 12.1 Å². The number of alkyl halides is 1. The number of nitrogens with zero attached hydrogens (tertiary/aromatic N) is 1. The van der Waals surface area contributed by atoms with Crippen LogP contribution in [0.25, 0.3) is 0 Å². The maximum atomic E-state index is 10.7. The highest BCUT2D eigenvalue weighted by atomic mass is 79.9. The molecule has 0 unspecified atom stereocenters. The molecule has 2 aromatic rings. The molecule has 0 aliphatic heterocycles. The molecule has 21 heavy (non-hydrogen) atoms. The molecule has 0 atom stereocenters. The van der Waals surface area contributed by atoms with E-state index in [-0.39, 0.29) is 27.4 Å². The van der Waals surface area contributed by atoms with Crippen molar-refractivity contribution in [2.75, 3.05) is 0 Å². The topological polar surface area (TPSA) is 52.4 Å². The van der Waals surface area contributed by atoms with Crippen LogP contribution in [0.2, 0.25) is 10.0 Å². The van der Waals surface area contributed by atoms with Gasteiger partial charge in [-0.15, -0.1) is 11.6 Å². The lowest BCUT2D eigenvalue weighted by Crippen LogP contribution is -1.94. The Bertz CT molecular complexity index is 686. The highest BCUT2D eigenvalue weighted by Crippen LogP contribution is 2.40. The lowest BCUT2D eigenvalue weighted by atomic mass is 10.2. The zero-order valence-electron chi connectivity index (χ0n) is 10.3. The minimum atomic E-state index is -0.579. The summed E-state index contributed by atoms with van der Waals surface area (Å²) in [5.74, 6) is 0.857. The van der Waals surface area contributed by atoms with Crippen LogP contribution in [0.3, 0.4) is 0 Å². The number of non-ortho nitro benzene ring substituents is 1. The normalized spacial score (nSPS) is 10.5. The van der Waals surface area contributed by atoms with Crippen molar-refractivity contribution in [1.82, 2.24) is 0 Å². The van der Waals surface area contributed by atoms with Crippen LogP contribution in [0.15, 0.2) is 34.8 Å². The first kappa shape index (κ1) is 16.4. The summed E-state index contributed by atoms with van der Waals surface area (Å²) in [6, 6.07) is 7.69. The van der Waals surface area contributed by atoms with Crippen LogP contribution in [-0.2, 0) is 5.88 Å². The van der Waals surface area contributed by atoms with Gasteiger partial charge in [-0.25, -0.2) is 0 Å². The molecular weight excluding hydrogens is 404 g/mol. The zero-order chi connectivity index (χ0) is 15.6. The Labute approximate surface area is 143 Å². The first-order valence-corrected chi connectivity index (χ1v) is 7.66. The molecule has 0 spiro atoms. The third-order valence-corrected chi connectivity index (χ3v) is 3.92. The van der Waals surface area contributed by atoms with Crippen molar-refractivity contribution in [3.63, 3.8) is 0 Å². The molecule has 0 aliphatic carbocycles. The largest absolute Gasteiger partial charge is 0.454 e. The zero-order valence-corrected chi connectivity index (χ0v) is 14.1. The van der Waals surface area contributed by atoms with Crippen LogP contribution < -0.4 is 4.74 Å². The third kappa shape index (κ3) is 3.80. The van der Waals surface area contributed by atoms with Crippen molar-refractivity contribution < 1.29 is 9.66 Å². The van der Waals surface area contributed by atoms with Gasteiger partial charge in [0.1, 0.15) is 5.75 Å². The molecule has 0 radical (unpaired) electrons. The van der Waals surface area contributed by atoms with Crippen LogP contribution >= 0.6 is 50.7 Å². The lowest BCUT2D eigenvalue weighted by Gasteiger charge is -2.12. The van der Waals surface area contributed by atoms with Gasteiger partial charge in [0.15, 0.2) is 5.75 Å². The average molecular weight is 411 g/mol. The molecular formula is C13H7BrCl3NO3. The summed E-state index contributed by atoms with van der Waals surface area (Å²) in [6.07, 6.45) is 0. The molecule has 2 rings (SSSR count). The van der Waals surface area contributed by atoms with Gasteiger partial charge >= 0.3 is 0 Å². The summed E-state index contributed by atoms with van der Waals surface area (Å²) in [6.45, 7) is 0. The van der Waals surface area contributed by atoms with E-state index in [9.17, 15) is 10.1 Å². The Morgan fingerprint density at radius 3 is 2.33 bits per heavy atom. The number of nitro benzene ring substituents is 1. The standard InChI is InChI=1S/C13H7BrCl3NO3/c14-8-2-1-7(6-15)12(3-8)21-13-10(16)4-9(18(19)20)5-11(13)17/h1-5H,6H2. The van der Waals surface area contributed by atoms with Crippen molar-refractivity contribution in [3.8, 4) is 11.5 Å². The van der Waals surface area contributed by atoms with E-state index < -0.39 is 4.92 Å². The smallest absolute Gasteiger partial charge is 0.272 e. The summed E-state index contributed by atoms with van der Waals surface area (Å²) in [5, 5.41) is 10.8. The molecule has 0 aliphatic rings. The molecule has 0 bridgehead atoms. The minimum Gasteiger partial charge on any atom is -0.454 e. The average Bonchev–Trinajstić information content (AvgIpc) is 2.42. The first-order chi connectivity index (χ1) is 9.92. The van der Waals surface area contributed by atoms with E-state index in [4.69, 9.17) is 39.5 Å². The van der Waals surface area contributed by atoms with Gasteiger partial charge in [-0.3, -0.25) is 10.1 Å². The van der Waals surface area contributed by atoms with Crippen molar-refractivity contribution in [1.29, 1.82) is 0 Å². The number of halogens is 4. The van der Waals surface area contributed by atoms with Crippen LogP contribution in [-0.4, -0.2) is 4.92 Å². The fourth-order valence-corrected chi connectivity index (χ4v) is 2.71. The summed E-state index contributed by atoms with van der Waals surface area (Å²) in [5.41, 5.74) is 0.537. The van der Waals surface area contributed by atoms with Gasteiger partial charge in [0.05, 0.1) is 20.8 Å². The summed E-state index contributed by atoms with van der Waals surface area (Å²) in [7, 11) is 0. The molecule has 2 aromatic carbocycles. The monoisotopic (exact) mass is 409 g/mol. The van der Waals surface area contributed by atoms with Crippen LogP contribution in [0.4, 0.5) is 5.69 Å². The maximum absolute atomic E-state index is 10.7.